The van der Waals surface area contributed by atoms with Crippen molar-refractivity contribution in [2.24, 2.45) is 0 Å². The van der Waals surface area contributed by atoms with Gasteiger partial charge in [0.15, 0.2) is 12.4 Å². The minimum Gasteiger partial charge on any atom is -0.452 e. The molecule has 0 saturated carbocycles. The van der Waals surface area contributed by atoms with Crippen molar-refractivity contribution in [3.63, 3.8) is 0 Å². The normalized spacial score (nSPS) is 11.5. The largest absolute Gasteiger partial charge is 0.452 e. The van der Waals surface area contributed by atoms with E-state index in [9.17, 15) is 14.4 Å². The molecular weight excluding hydrogens is 350 g/mol. The van der Waals surface area contributed by atoms with E-state index in [0.717, 1.165) is 10.5 Å². The average Bonchev–Trinajstić information content (AvgIpc) is 2.66. The first kappa shape index (κ1) is 19.7. The third kappa shape index (κ3) is 6.04. The Bertz CT molecular complexity index is 759. The van der Waals surface area contributed by atoms with E-state index in [1.165, 1.54) is 6.92 Å². The Kier molecular flexibility index (Phi) is 7.41. The molecule has 2 aromatic carbocycles. The molecule has 0 aliphatic carbocycles. The number of ketones is 1. The fourth-order valence-electron chi connectivity index (χ4n) is 2.32. The van der Waals surface area contributed by atoms with E-state index in [-0.39, 0.29) is 5.78 Å². The molecule has 0 aliphatic rings. The number of hydrogen-bond acceptors (Lipinski definition) is 5. The first-order valence-corrected chi connectivity index (χ1v) is 9.37. The molecule has 26 heavy (non-hydrogen) atoms. The van der Waals surface area contributed by atoms with Crippen molar-refractivity contribution in [1.29, 1.82) is 0 Å². The molecule has 2 rings (SSSR count). The second kappa shape index (κ2) is 9.77. The van der Waals surface area contributed by atoms with Gasteiger partial charge in [0, 0.05) is 4.90 Å². The summed E-state index contributed by atoms with van der Waals surface area (Å²) < 4.78 is 5.03. The van der Waals surface area contributed by atoms with Crippen LogP contribution in [0.4, 0.5) is 0 Å². The summed E-state index contributed by atoms with van der Waals surface area (Å²) in [5.41, 5.74) is 1.32. The van der Waals surface area contributed by atoms with Gasteiger partial charge in [0.05, 0.1) is 11.6 Å². The molecule has 0 aliphatic heterocycles. The van der Waals surface area contributed by atoms with Gasteiger partial charge in [-0.05, 0) is 49.4 Å². The van der Waals surface area contributed by atoms with E-state index < -0.39 is 24.5 Å². The van der Waals surface area contributed by atoms with Crippen molar-refractivity contribution < 1.29 is 19.1 Å². The topological polar surface area (TPSA) is 72.5 Å². The third-order valence-electron chi connectivity index (χ3n) is 3.77. The van der Waals surface area contributed by atoms with Gasteiger partial charge in [-0.1, -0.05) is 30.3 Å². The van der Waals surface area contributed by atoms with Gasteiger partial charge in [0.1, 0.15) is 0 Å². The highest BCUT2D eigenvalue weighted by atomic mass is 32.2. The summed E-state index contributed by atoms with van der Waals surface area (Å²) in [7, 11) is 0. The molecule has 0 bridgehead atoms. The Morgan fingerprint density at radius 2 is 1.69 bits per heavy atom. The number of ether oxygens (including phenoxy) is 1. The number of carbonyl (C=O) groups excluding carboxylic acids is 3. The Labute approximate surface area is 157 Å². The first-order chi connectivity index (χ1) is 12.5. The van der Waals surface area contributed by atoms with Crippen LogP contribution in [-0.4, -0.2) is 36.6 Å². The fraction of sp³-hybridized carbons (Fsp3) is 0.250. The molecule has 2 aromatic rings. The van der Waals surface area contributed by atoms with Gasteiger partial charge in [-0.25, -0.2) is 4.79 Å². The maximum absolute atomic E-state index is 12.0. The van der Waals surface area contributed by atoms with Gasteiger partial charge in [-0.3, -0.25) is 9.59 Å². The molecule has 0 fully saturated rings. The number of carbonyl (C=O) groups is 3. The van der Waals surface area contributed by atoms with Crippen LogP contribution in [0.5, 0.6) is 0 Å². The van der Waals surface area contributed by atoms with Crippen molar-refractivity contribution in [3.8, 4) is 0 Å². The van der Waals surface area contributed by atoms with Crippen molar-refractivity contribution in [3.05, 3.63) is 65.7 Å². The fourth-order valence-corrected chi connectivity index (χ4v) is 2.73. The van der Waals surface area contributed by atoms with E-state index in [1.54, 1.807) is 23.9 Å². The molecule has 0 radical (unpaired) electrons. The zero-order valence-corrected chi connectivity index (χ0v) is 15.5. The first-order valence-electron chi connectivity index (χ1n) is 8.14. The Balaban J connectivity index is 1.87. The second-order valence-corrected chi connectivity index (χ2v) is 6.60. The van der Waals surface area contributed by atoms with Crippen LogP contribution in [0.2, 0.25) is 0 Å². The molecule has 5 nitrogen and oxygen atoms in total. The number of Topliss-reactive ketones (excluding diaryl/α,β-unsaturated/α-hetero) is 1. The quantitative estimate of drug-likeness (QED) is 0.571. The molecule has 1 N–H and O–H groups in total. The van der Waals surface area contributed by atoms with Gasteiger partial charge in [-0.2, -0.15) is 0 Å². The van der Waals surface area contributed by atoms with Gasteiger partial charge in [0.2, 0.25) is 0 Å². The molecule has 1 amide bonds. The maximum Gasteiger partial charge on any atom is 0.338 e. The molecule has 0 heterocycles. The number of benzene rings is 2. The summed E-state index contributed by atoms with van der Waals surface area (Å²) in [6.07, 6.45) is 2.34. The molecular formula is C20H21NO4S. The predicted octanol–water partition coefficient (Wildman–Crippen LogP) is 2.88. The van der Waals surface area contributed by atoms with E-state index in [2.05, 4.69) is 5.32 Å². The highest BCUT2D eigenvalue weighted by Crippen LogP contribution is 2.15. The number of thioether (sulfide) groups is 1. The summed E-state index contributed by atoms with van der Waals surface area (Å²) in [5, 5.41) is 2.62. The molecule has 0 saturated heterocycles. The molecule has 0 spiro atoms. The SMILES string of the molecule is CSc1ccc(C(=O)OCC(=O)N[C@H](Cc2ccccc2)C(C)=O)cc1. The van der Waals surface area contributed by atoms with Crippen LogP contribution < -0.4 is 5.32 Å². The molecule has 1 atom stereocenters. The zero-order valence-electron chi connectivity index (χ0n) is 14.7. The smallest absolute Gasteiger partial charge is 0.338 e. The van der Waals surface area contributed by atoms with Crippen LogP contribution in [0.25, 0.3) is 0 Å². The molecule has 0 unspecified atom stereocenters. The number of hydrogen-bond donors (Lipinski definition) is 1. The van der Waals surface area contributed by atoms with Crippen molar-refractivity contribution in [2.45, 2.75) is 24.3 Å². The lowest BCUT2D eigenvalue weighted by Crippen LogP contribution is -2.43. The highest BCUT2D eigenvalue weighted by Gasteiger charge is 2.18. The molecule has 136 valence electrons. The minimum absolute atomic E-state index is 0.152. The van der Waals surface area contributed by atoms with Crippen molar-refractivity contribution >= 4 is 29.4 Å². The van der Waals surface area contributed by atoms with Gasteiger partial charge < -0.3 is 10.1 Å². The number of amides is 1. The molecule has 0 aromatic heterocycles. The number of esters is 1. The van der Waals surface area contributed by atoms with Crippen LogP contribution in [-0.2, 0) is 20.7 Å². The monoisotopic (exact) mass is 371 g/mol. The van der Waals surface area contributed by atoms with Crippen molar-refractivity contribution in [2.75, 3.05) is 12.9 Å². The third-order valence-corrected chi connectivity index (χ3v) is 4.51. The van der Waals surface area contributed by atoms with Crippen LogP contribution in [0, 0.1) is 0 Å². The number of nitrogens with one attached hydrogen (secondary N) is 1. The van der Waals surface area contributed by atoms with Crippen LogP contribution in [0.15, 0.2) is 59.5 Å². The predicted molar refractivity (Wildman–Crippen MR) is 101 cm³/mol. The summed E-state index contributed by atoms with van der Waals surface area (Å²) in [6, 6.07) is 15.7. The van der Waals surface area contributed by atoms with Crippen LogP contribution in [0.3, 0.4) is 0 Å². The van der Waals surface area contributed by atoms with Gasteiger partial charge in [-0.15, -0.1) is 11.8 Å². The average molecular weight is 371 g/mol. The van der Waals surface area contributed by atoms with Gasteiger partial charge >= 0.3 is 5.97 Å². The summed E-state index contributed by atoms with van der Waals surface area (Å²) >= 11 is 1.57. The van der Waals surface area contributed by atoms with E-state index in [0.29, 0.717) is 12.0 Å². The van der Waals surface area contributed by atoms with Crippen LogP contribution in [0.1, 0.15) is 22.8 Å². The molecule has 6 heteroatoms. The Hall–Kier alpha value is -2.60. The Morgan fingerprint density at radius 3 is 2.27 bits per heavy atom. The summed E-state index contributed by atoms with van der Waals surface area (Å²) in [5.74, 6) is -1.23. The minimum atomic E-state index is -0.649. The second-order valence-electron chi connectivity index (χ2n) is 5.73. The van der Waals surface area contributed by atoms with Crippen LogP contribution >= 0.6 is 11.8 Å². The van der Waals surface area contributed by atoms with Gasteiger partial charge in [0.25, 0.3) is 5.91 Å². The highest BCUT2D eigenvalue weighted by molar-refractivity contribution is 7.98. The van der Waals surface area contributed by atoms with E-state index in [4.69, 9.17) is 4.74 Å². The lowest BCUT2D eigenvalue weighted by Gasteiger charge is -2.16. The zero-order chi connectivity index (χ0) is 18.9. The number of rotatable bonds is 8. The maximum atomic E-state index is 12.0. The lowest BCUT2D eigenvalue weighted by atomic mass is 10.0. The summed E-state index contributed by atoms with van der Waals surface area (Å²) in [4.78, 5) is 36.8. The van der Waals surface area contributed by atoms with E-state index >= 15 is 0 Å². The standard InChI is InChI=1S/C20H21NO4S/c1-14(22)18(12-15-6-4-3-5-7-15)21-19(23)13-25-20(24)16-8-10-17(26-2)11-9-16/h3-11,18H,12-13H2,1-2H3,(H,21,23)/t18-/m1/s1. The summed E-state index contributed by atoms with van der Waals surface area (Å²) in [6.45, 7) is 0.995. The Morgan fingerprint density at radius 1 is 1.04 bits per heavy atom. The van der Waals surface area contributed by atoms with E-state index in [1.807, 2.05) is 48.7 Å². The van der Waals surface area contributed by atoms with Crippen molar-refractivity contribution in [1.82, 2.24) is 5.32 Å². The lowest BCUT2D eigenvalue weighted by molar-refractivity contribution is -0.128.